The first-order chi connectivity index (χ1) is 9.13. The molecule has 1 aromatic carbocycles. The molecule has 0 saturated carbocycles. The number of nitrogen functional groups attached to an aromatic ring is 1. The minimum atomic E-state index is -0.657. The predicted molar refractivity (Wildman–Crippen MR) is 70.0 cm³/mol. The molecule has 0 bridgehead atoms. The molecule has 0 atom stereocenters. The van der Waals surface area contributed by atoms with Gasteiger partial charge < -0.3 is 5.73 Å². The molecule has 2 aromatic rings. The van der Waals surface area contributed by atoms with E-state index in [0.29, 0.717) is 11.8 Å². The van der Waals surface area contributed by atoms with Gasteiger partial charge in [0.05, 0.1) is 5.69 Å². The number of rotatable bonds is 3. The van der Waals surface area contributed by atoms with Crippen LogP contribution in [0.15, 0.2) is 41.4 Å². The first-order valence-corrected chi connectivity index (χ1v) is 6.06. The van der Waals surface area contributed by atoms with Gasteiger partial charge in [0.15, 0.2) is 0 Å². The number of benzene rings is 1. The largest absolute Gasteiger partial charge is 0.396 e. The third-order valence-electron chi connectivity index (χ3n) is 2.40. The third kappa shape index (κ3) is 2.72. The van der Waals surface area contributed by atoms with Gasteiger partial charge in [-0.3, -0.25) is 9.78 Å². The molecule has 0 aliphatic heterocycles. The SMILES string of the molecule is N#CSc1cc(F)c(N)cc1C(=O)c1ccccn1. The van der Waals surface area contributed by atoms with Crippen LogP contribution in [0.25, 0.3) is 0 Å². The average Bonchev–Trinajstić information content (AvgIpc) is 2.43. The molecule has 6 heteroatoms. The molecule has 0 radical (unpaired) electrons. The second kappa shape index (κ2) is 5.50. The van der Waals surface area contributed by atoms with Crippen molar-refractivity contribution in [2.75, 3.05) is 5.73 Å². The number of carbonyl (C=O) groups excluding carboxylic acids is 1. The lowest BCUT2D eigenvalue weighted by Gasteiger charge is -2.07. The third-order valence-corrected chi connectivity index (χ3v) is 3.05. The summed E-state index contributed by atoms with van der Waals surface area (Å²) in [5, 5.41) is 10.5. The molecule has 0 saturated heterocycles. The van der Waals surface area contributed by atoms with Crippen molar-refractivity contribution >= 4 is 23.2 Å². The Kier molecular flexibility index (Phi) is 3.78. The molecule has 2 rings (SSSR count). The van der Waals surface area contributed by atoms with Crippen molar-refractivity contribution in [2.24, 2.45) is 0 Å². The predicted octanol–water partition coefficient (Wildman–Crippen LogP) is 2.61. The standard InChI is InChI=1S/C13H8FN3OS/c14-9-6-12(19-7-15)8(5-10(9)16)13(18)11-3-1-2-4-17-11/h1-6H,16H2. The van der Waals surface area contributed by atoms with E-state index in [1.807, 2.05) is 5.40 Å². The minimum absolute atomic E-state index is 0.137. The Hall–Kier alpha value is -2.39. The number of nitrogens with two attached hydrogens (primary N) is 1. The van der Waals surface area contributed by atoms with Crippen LogP contribution in [-0.2, 0) is 0 Å². The molecule has 0 spiro atoms. The van der Waals surface area contributed by atoms with Gasteiger partial charge in [-0.15, -0.1) is 0 Å². The number of carbonyl (C=O) groups is 1. The van der Waals surface area contributed by atoms with E-state index >= 15 is 0 Å². The van der Waals surface area contributed by atoms with E-state index in [0.717, 1.165) is 6.07 Å². The topological polar surface area (TPSA) is 79.8 Å². The second-order valence-electron chi connectivity index (χ2n) is 3.61. The number of ketones is 1. The normalized spacial score (nSPS) is 9.89. The molecule has 94 valence electrons. The van der Waals surface area contributed by atoms with E-state index < -0.39 is 11.6 Å². The monoisotopic (exact) mass is 273 g/mol. The molecule has 0 aliphatic carbocycles. The van der Waals surface area contributed by atoms with Crippen LogP contribution in [0.2, 0.25) is 0 Å². The number of thiocyanates is 1. The van der Waals surface area contributed by atoms with Crippen LogP contribution in [0.5, 0.6) is 0 Å². The average molecular weight is 273 g/mol. The van der Waals surface area contributed by atoms with E-state index in [9.17, 15) is 9.18 Å². The highest BCUT2D eigenvalue weighted by Crippen LogP contribution is 2.28. The van der Waals surface area contributed by atoms with Crippen LogP contribution >= 0.6 is 11.8 Å². The molecule has 0 fully saturated rings. The lowest BCUT2D eigenvalue weighted by molar-refractivity contribution is 0.103. The molecule has 4 nitrogen and oxygen atoms in total. The Bertz CT molecular complexity index is 668. The van der Waals surface area contributed by atoms with Gasteiger partial charge in [0.2, 0.25) is 5.78 Å². The first kappa shape index (κ1) is 13.1. The molecule has 1 heterocycles. The Morgan fingerprint density at radius 3 is 2.84 bits per heavy atom. The van der Waals surface area contributed by atoms with Crippen molar-refractivity contribution in [1.29, 1.82) is 5.26 Å². The van der Waals surface area contributed by atoms with Crippen molar-refractivity contribution in [2.45, 2.75) is 4.90 Å². The lowest BCUT2D eigenvalue weighted by Crippen LogP contribution is -2.07. The Labute approximate surface area is 113 Å². The van der Waals surface area contributed by atoms with Crippen LogP contribution < -0.4 is 5.73 Å². The first-order valence-electron chi connectivity index (χ1n) is 5.24. The van der Waals surface area contributed by atoms with E-state index in [-0.39, 0.29) is 21.8 Å². The van der Waals surface area contributed by atoms with E-state index in [1.54, 1.807) is 18.2 Å². The summed E-state index contributed by atoms with van der Waals surface area (Å²) in [7, 11) is 0. The zero-order valence-electron chi connectivity index (χ0n) is 9.63. The summed E-state index contributed by atoms with van der Waals surface area (Å²) in [5.74, 6) is -1.06. The number of halogens is 1. The quantitative estimate of drug-likeness (QED) is 0.402. The maximum Gasteiger partial charge on any atom is 0.212 e. The number of anilines is 1. The Morgan fingerprint density at radius 1 is 1.42 bits per heavy atom. The molecule has 2 N–H and O–H groups in total. The smallest absolute Gasteiger partial charge is 0.212 e. The minimum Gasteiger partial charge on any atom is -0.396 e. The van der Waals surface area contributed by atoms with Gasteiger partial charge >= 0.3 is 0 Å². The van der Waals surface area contributed by atoms with Crippen LogP contribution in [0.1, 0.15) is 16.1 Å². The van der Waals surface area contributed by atoms with Crippen molar-refractivity contribution in [3.8, 4) is 5.40 Å². The number of pyridine rings is 1. The summed E-state index contributed by atoms with van der Waals surface area (Å²) in [6.07, 6.45) is 1.48. The van der Waals surface area contributed by atoms with Crippen molar-refractivity contribution < 1.29 is 9.18 Å². The van der Waals surface area contributed by atoms with E-state index in [2.05, 4.69) is 4.98 Å². The molecular formula is C13H8FN3OS. The number of hydrogen-bond donors (Lipinski definition) is 1. The van der Waals surface area contributed by atoms with Gasteiger partial charge in [-0.2, -0.15) is 5.26 Å². The van der Waals surface area contributed by atoms with Gasteiger partial charge in [-0.1, -0.05) is 6.07 Å². The summed E-state index contributed by atoms with van der Waals surface area (Å²) in [4.78, 5) is 16.4. The molecule has 0 aliphatic rings. The highest BCUT2D eigenvalue weighted by Gasteiger charge is 2.17. The van der Waals surface area contributed by atoms with Gasteiger partial charge in [0.25, 0.3) is 0 Å². The van der Waals surface area contributed by atoms with Crippen molar-refractivity contribution in [3.63, 3.8) is 0 Å². The molecule has 19 heavy (non-hydrogen) atoms. The summed E-state index contributed by atoms with van der Waals surface area (Å²) < 4.78 is 13.4. The van der Waals surface area contributed by atoms with Gasteiger partial charge in [-0.25, -0.2) is 4.39 Å². The number of thioether (sulfide) groups is 1. The molecule has 0 amide bonds. The van der Waals surface area contributed by atoms with Crippen LogP contribution in [0.4, 0.5) is 10.1 Å². The fraction of sp³-hybridized carbons (Fsp3) is 0. The zero-order valence-corrected chi connectivity index (χ0v) is 10.4. The highest BCUT2D eigenvalue weighted by atomic mass is 32.2. The fourth-order valence-electron chi connectivity index (χ4n) is 1.52. The second-order valence-corrected chi connectivity index (χ2v) is 4.43. The lowest BCUT2D eigenvalue weighted by atomic mass is 10.1. The number of aromatic nitrogens is 1. The van der Waals surface area contributed by atoms with Gasteiger partial charge in [0.1, 0.15) is 16.9 Å². The van der Waals surface area contributed by atoms with Gasteiger partial charge in [0, 0.05) is 16.7 Å². The molecular weight excluding hydrogens is 265 g/mol. The zero-order chi connectivity index (χ0) is 13.8. The highest BCUT2D eigenvalue weighted by molar-refractivity contribution is 8.03. The maximum absolute atomic E-state index is 13.4. The Balaban J connectivity index is 2.53. The van der Waals surface area contributed by atoms with Gasteiger partial charge in [-0.05, 0) is 36.0 Å². The summed E-state index contributed by atoms with van der Waals surface area (Å²) in [6.45, 7) is 0. The van der Waals surface area contributed by atoms with Crippen LogP contribution in [-0.4, -0.2) is 10.8 Å². The Morgan fingerprint density at radius 2 is 2.21 bits per heavy atom. The van der Waals surface area contributed by atoms with Crippen molar-refractivity contribution in [1.82, 2.24) is 4.98 Å². The van der Waals surface area contributed by atoms with Crippen LogP contribution in [0.3, 0.4) is 0 Å². The molecule has 0 unspecified atom stereocenters. The number of hydrogen-bond acceptors (Lipinski definition) is 5. The summed E-state index contributed by atoms with van der Waals surface area (Å²) in [5.41, 5.74) is 5.71. The van der Waals surface area contributed by atoms with Crippen molar-refractivity contribution in [3.05, 3.63) is 53.6 Å². The fourth-order valence-corrected chi connectivity index (χ4v) is 2.04. The number of nitrogens with zero attached hydrogens (tertiary/aromatic N) is 2. The van der Waals surface area contributed by atoms with E-state index in [1.165, 1.54) is 12.3 Å². The summed E-state index contributed by atoms with van der Waals surface area (Å²) in [6, 6.07) is 7.21. The molecule has 1 aromatic heterocycles. The van der Waals surface area contributed by atoms with Crippen LogP contribution in [0, 0.1) is 16.5 Å². The maximum atomic E-state index is 13.4. The summed E-state index contributed by atoms with van der Waals surface area (Å²) >= 11 is 0.709. The van der Waals surface area contributed by atoms with E-state index in [4.69, 9.17) is 11.0 Å². The number of nitriles is 1.